The number of anilines is 1. The number of nitrogens with zero attached hydrogens (tertiary/aromatic N) is 1. The number of hydrogen-bond acceptors (Lipinski definition) is 4. The van der Waals surface area contributed by atoms with Crippen molar-refractivity contribution in [1.82, 2.24) is 10.3 Å². The minimum atomic E-state index is -0.0956. The highest BCUT2D eigenvalue weighted by molar-refractivity contribution is 5.94. The van der Waals surface area contributed by atoms with E-state index in [1.807, 2.05) is 6.92 Å². The van der Waals surface area contributed by atoms with Gasteiger partial charge in [-0.05, 0) is 37.8 Å². The Hall–Kier alpha value is -1.62. The van der Waals surface area contributed by atoms with Crippen LogP contribution in [0.2, 0.25) is 0 Å². The van der Waals surface area contributed by atoms with Crippen LogP contribution >= 0.6 is 0 Å². The van der Waals surface area contributed by atoms with Gasteiger partial charge < -0.3 is 15.8 Å². The number of aryl methyl sites for hydroxylation is 1. The highest BCUT2D eigenvalue weighted by Crippen LogP contribution is 2.14. The maximum Gasteiger partial charge on any atom is 0.251 e. The monoisotopic (exact) mass is 263 g/mol. The van der Waals surface area contributed by atoms with E-state index in [1.165, 1.54) is 0 Å². The number of nitrogens with two attached hydrogens (primary N) is 1. The van der Waals surface area contributed by atoms with Crippen LogP contribution in [0, 0.1) is 0 Å². The second kappa shape index (κ2) is 6.52. The van der Waals surface area contributed by atoms with Gasteiger partial charge in [0.05, 0.1) is 6.10 Å². The molecular weight excluding hydrogens is 242 g/mol. The summed E-state index contributed by atoms with van der Waals surface area (Å²) in [6, 6.07) is 3.40. The zero-order valence-electron chi connectivity index (χ0n) is 11.3. The number of aromatic nitrogens is 1. The lowest BCUT2D eigenvalue weighted by molar-refractivity contribution is 0.0907. The minimum absolute atomic E-state index is 0.0956. The van der Waals surface area contributed by atoms with E-state index in [0.717, 1.165) is 38.0 Å². The molecule has 1 unspecified atom stereocenters. The quantitative estimate of drug-likeness (QED) is 0.844. The number of rotatable bonds is 5. The van der Waals surface area contributed by atoms with Crippen LogP contribution in [0.5, 0.6) is 0 Å². The number of pyridine rings is 1. The molecule has 104 valence electrons. The Kier molecular flexibility index (Phi) is 4.74. The third-order valence-corrected chi connectivity index (χ3v) is 3.30. The van der Waals surface area contributed by atoms with E-state index >= 15 is 0 Å². The molecule has 5 nitrogen and oxygen atoms in total. The van der Waals surface area contributed by atoms with Crippen molar-refractivity contribution >= 4 is 11.7 Å². The highest BCUT2D eigenvalue weighted by atomic mass is 16.5. The summed E-state index contributed by atoms with van der Waals surface area (Å²) in [6.07, 6.45) is 4.15. The van der Waals surface area contributed by atoms with Crippen LogP contribution in [0.15, 0.2) is 12.1 Å². The van der Waals surface area contributed by atoms with Crippen LogP contribution in [0.1, 0.15) is 42.2 Å². The molecule has 0 saturated carbocycles. The number of nitrogens with one attached hydrogen (secondary N) is 1. The third-order valence-electron chi connectivity index (χ3n) is 3.30. The standard InChI is InChI=1S/C14H21N3O2/c1-2-11-8-10(9-13(15)17-11)14(18)16-6-5-12-4-3-7-19-12/h8-9,12H,2-7H2,1H3,(H2,15,17)(H,16,18). The minimum Gasteiger partial charge on any atom is -0.384 e. The van der Waals surface area contributed by atoms with Crippen molar-refractivity contribution in [2.24, 2.45) is 0 Å². The first kappa shape index (κ1) is 13.8. The largest absolute Gasteiger partial charge is 0.384 e. The lowest BCUT2D eigenvalue weighted by Gasteiger charge is -2.10. The van der Waals surface area contributed by atoms with Gasteiger partial charge in [-0.15, -0.1) is 0 Å². The van der Waals surface area contributed by atoms with Gasteiger partial charge >= 0.3 is 0 Å². The lowest BCUT2D eigenvalue weighted by atomic mass is 10.1. The predicted molar refractivity (Wildman–Crippen MR) is 74.0 cm³/mol. The fourth-order valence-corrected chi connectivity index (χ4v) is 2.24. The fourth-order valence-electron chi connectivity index (χ4n) is 2.24. The Morgan fingerprint density at radius 1 is 1.58 bits per heavy atom. The molecule has 19 heavy (non-hydrogen) atoms. The van der Waals surface area contributed by atoms with Gasteiger partial charge in [-0.2, -0.15) is 0 Å². The summed E-state index contributed by atoms with van der Waals surface area (Å²) >= 11 is 0. The van der Waals surface area contributed by atoms with Crippen LogP contribution in [-0.2, 0) is 11.2 Å². The first-order valence-corrected chi connectivity index (χ1v) is 6.85. The molecule has 0 aromatic carbocycles. The van der Waals surface area contributed by atoms with Gasteiger partial charge in [-0.25, -0.2) is 4.98 Å². The first-order valence-electron chi connectivity index (χ1n) is 6.85. The van der Waals surface area contributed by atoms with E-state index in [4.69, 9.17) is 10.5 Å². The number of carbonyl (C=O) groups excluding carboxylic acids is 1. The van der Waals surface area contributed by atoms with Crippen LogP contribution in [0.3, 0.4) is 0 Å². The van der Waals surface area contributed by atoms with E-state index in [0.29, 0.717) is 24.0 Å². The summed E-state index contributed by atoms with van der Waals surface area (Å²) < 4.78 is 5.51. The van der Waals surface area contributed by atoms with Gasteiger partial charge in [0, 0.05) is 24.4 Å². The average Bonchev–Trinajstić information content (AvgIpc) is 2.91. The smallest absolute Gasteiger partial charge is 0.251 e. The van der Waals surface area contributed by atoms with E-state index in [9.17, 15) is 4.79 Å². The van der Waals surface area contributed by atoms with Crippen LogP contribution < -0.4 is 11.1 Å². The number of ether oxygens (including phenoxy) is 1. The summed E-state index contributed by atoms with van der Waals surface area (Å²) in [7, 11) is 0. The Labute approximate surface area is 113 Å². The van der Waals surface area contributed by atoms with Crippen LogP contribution in [-0.4, -0.2) is 30.1 Å². The highest BCUT2D eigenvalue weighted by Gasteiger charge is 2.15. The predicted octanol–water partition coefficient (Wildman–Crippen LogP) is 1.53. The number of carbonyl (C=O) groups is 1. The van der Waals surface area contributed by atoms with Crippen molar-refractivity contribution in [3.8, 4) is 0 Å². The molecule has 1 saturated heterocycles. The lowest BCUT2D eigenvalue weighted by Crippen LogP contribution is -2.27. The maximum absolute atomic E-state index is 12.0. The molecular formula is C14H21N3O2. The van der Waals surface area contributed by atoms with E-state index in [1.54, 1.807) is 12.1 Å². The van der Waals surface area contributed by atoms with Gasteiger partial charge in [0.15, 0.2) is 0 Å². The van der Waals surface area contributed by atoms with E-state index in [-0.39, 0.29) is 5.91 Å². The van der Waals surface area contributed by atoms with Crippen LogP contribution in [0.25, 0.3) is 0 Å². The number of amides is 1. The Balaban J connectivity index is 1.86. The molecule has 0 radical (unpaired) electrons. The molecule has 0 spiro atoms. The van der Waals surface area contributed by atoms with Crippen molar-refractivity contribution in [2.45, 2.75) is 38.7 Å². The summed E-state index contributed by atoms with van der Waals surface area (Å²) in [6.45, 7) is 3.47. The zero-order valence-corrected chi connectivity index (χ0v) is 11.3. The molecule has 0 aliphatic carbocycles. The number of hydrogen-bond donors (Lipinski definition) is 2. The maximum atomic E-state index is 12.0. The molecule has 1 aromatic rings. The molecule has 1 amide bonds. The zero-order chi connectivity index (χ0) is 13.7. The van der Waals surface area contributed by atoms with Crippen molar-refractivity contribution in [1.29, 1.82) is 0 Å². The molecule has 2 rings (SSSR count). The van der Waals surface area contributed by atoms with Gasteiger partial charge in [0.1, 0.15) is 5.82 Å². The van der Waals surface area contributed by atoms with E-state index in [2.05, 4.69) is 10.3 Å². The Morgan fingerprint density at radius 2 is 2.42 bits per heavy atom. The molecule has 5 heteroatoms. The SMILES string of the molecule is CCc1cc(C(=O)NCCC2CCCO2)cc(N)n1. The summed E-state index contributed by atoms with van der Waals surface area (Å²) in [4.78, 5) is 16.2. The second-order valence-corrected chi connectivity index (χ2v) is 4.81. The molecule has 1 atom stereocenters. The molecule has 1 aliphatic heterocycles. The third kappa shape index (κ3) is 3.92. The molecule has 1 aliphatic rings. The van der Waals surface area contributed by atoms with E-state index < -0.39 is 0 Å². The molecule has 2 heterocycles. The van der Waals surface area contributed by atoms with Crippen molar-refractivity contribution in [2.75, 3.05) is 18.9 Å². The second-order valence-electron chi connectivity index (χ2n) is 4.81. The molecule has 3 N–H and O–H groups in total. The van der Waals surface area contributed by atoms with Crippen LogP contribution in [0.4, 0.5) is 5.82 Å². The first-order chi connectivity index (χ1) is 9.19. The molecule has 1 aromatic heterocycles. The van der Waals surface area contributed by atoms with Crippen molar-refractivity contribution in [3.63, 3.8) is 0 Å². The summed E-state index contributed by atoms with van der Waals surface area (Å²) in [5.74, 6) is 0.297. The molecule has 1 fully saturated rings. The number of nitrogen functional groups attached to an aromatic ring is 1. The van der Waals surface area contributed by atoms with Crippen molar-refractivity contribution < 1.29 is 9.53 Å². The van der Waals surface area contributed by atoms with Gasteiger partial charge in [-0.3, -0.25) is 4.79 Å². The van der Waals surface area contributed by atoms with Gasteiger partial charge in [-0.1, -0.05) is 6.92 Å². The molecule has 0 bridgehead atoms. The van der Waals surface area contributed by atoms with Crippen molar-refractivity contribution in [3.05, 3.63) is 23.4 Å². The average molecular weight is 263 g/mol. The van der Waals surface area contributed by atoms with Gasteiger partial charge in [0.2, 0.25) is 0 Å². The summed E-state index contributed by atoms with van der Waals surface area (Å²) in [5.41, 5.74) is 7.11. The fraction of sp³-hybridized carbons (Fsp3) is 0.571. The summed E-state index contributed by atoms with van der Waals surface area (Å²) in [5, 5.41) is 2.90. The topological polar surface area (TPSA) is 77.2 Å². The Morgan fingerprint density at radius 3 is 3.11 bits per heavy atom. The Bertz CT molecular complexity index is 442. The van der Waals surface area contributed by atoms with Gasteiger partial charge in [0.25, 0.3) is 5.91 Å². The normalized spacial score (nSPS) is 18.5.